The lowest BCUT2D eigenvalue weighted by Gasteiger charge is -2.16. The number of nitrogens with one attached hydrogen (secondary N) is 1. The first kappa shape index (κ1) is 15.7. The Bertz CT molecular complexity index is 572. The van der Waals surface area contributed by atoms with Crippen molar-refractivity contribution < 1.29 is 14.8 Å². The van der Waals surface area contributed by atoms with Gasteiger partial charge in [-0.05, 0) is 30.5 Å². The second kappa shape index (κ2) is 7.38. The van der Waals surface area contributed by atoms with Crippen LogP contribution in [0, 0.1) is 0 Å². The van der Waals surface area contributed by atoms with E-state index in [1.807, 2.05) is 30.3 Å². The minimum absolute atomic E-state index is 0.0178. The molecule has 0 radical (unpaired) electrons. The summed E-state index contributed by atoms with van der Waals surface area (Å²) in [7, 11) is 0. The molecule has 2 rings (SSSR count). The average molecular weight is 353 g/mol. The Morgan fingerprint density at radius 3 is 2.90 bits per heavy atom. The summed E-state index contributed by atoms with van der Waals surface area (Å²) < 4.78 is 1.03. The summed E-state index contributed by atoms with van der Waals surface area (Å²) in [5.41, 5.74) is 3.39. The Kier molecular flexibility index (Phi) is 5.52. The molecule has 1 aliphatic heterocycles. The van der Waals surface area contributed by atoms with Gasteiger partial charge in [0.15, 0.2) is 0 Å². The van der Waals surface area contributed by atoms with Crippen molar-refractivity contribution in [3.8, 4) is 0 Å². The first-order valence-corrected chi connectivity index (χ1v) is 7.55. The number of benzene rings is 1. The Balaban J connectivity index is 1.82. The van der Waals surface area contributed by atoms with Gasteiger partial charge in [-0.3, -0.25) is 14.8 Å². The molecule has 2 amide bonds. The van der Waals surface area contributed by atoms with Crippen molar-refractivity contribution in [3.05, 3.63) is 46.0 Å². The van der Waals surface area contributed by atoms with Crippen LogP contribution in [0.1, 0.15) is 18.4 Å². The monoisotopic (exact) mass is 352 g/mol. The standard InChI is InChI=1S/C15H17BrN2O3/c16-13-3-1-2-11(10-13)6-8-18-9-7-12(15(18)20)4-5-14(19)17-21/h1-3,7,10,21H,4-6,8-9H2,(H,17,19). The first-order valence-electron chi connectivity index (χ1n) is 6.76. The fraction of sp³-hybridized carbons (Fsp3) is 0.333. The number of hydrogen-bond donors (Lipinski definition) is 2. The van der Waals surface area contributed by atoms with Gasteiger partial charge in [-0.15, -0.1) is 0 Å². The molecule has 0 fully saturated rings. The minimum atomic E-state index is -0.476. The molecular weight excluding hydrogens is 336 g/mol. The molecule has 0 aliphatic carbocycles. The van der Waals surface area contributed by atoms with Crippen molar-refractivity contribution >= 4 is 27.7 Å². The summed E-state index contributed by atoms with van der Waals surface area (Å²) in [4.78, 5) is 24.9. The number of carbonyl (C=O) groups excluding carboxylic acids is 2. The fourth-order valence-corrected chi connectivity index (χ4v) is 2.70. The lowest BCUT2D eigenvalue weighted by Crippen LogP contribution is -2.29. The lowest BCUT2D eigenvalue weighted by atomic mass is 10.1. The van der Waals surface area contributed by atoms with E-state index < -0.39 is 5.91 Å². The van der Waals surface area contributed by atoms with Gasteiger partial charge in [0.2, 0.25) is 11.8 Å². The maximum absolute atomic E-state index is 12.1. The minimum Gasteiger partial charge on any atom is -0.335 e. The van der Waals surface area contributed by atoms with Gasteiger partial charge in [-0.2, -0.15) is 0 Å². The Labute approximate surface area is 131 Å². The van der Waals surface area contributed by atoms with E-state index in [9.17, 15) is 9.59 Å². The van der Waals surface area contributed by atoms with Crippen molar-refractivity contribution in [3.63, 3.8) is 0 Å². The van der Waals surface area contributed by atoms with Gasteiger partial charge < -0.3 is 4.90 Å². The largest absolute Gasteiger partial charge is 0.335 e. The van der Waals surface area contributed by atoms with Gasteiger partial charge in [-0.25, -0.2) is 5.48 Å². The third kappa shape index (κ3) is 4.41. The summed E-state index contributed by atoms with van der Waals surface area (Å²) in [6, 6.07) is 8.02. The second-order valence-electron chi connectivity index (χ2n) is 4.90. The number of carbonyl (C=O) groups is 2. The van der Waals surface area contributed by atoms with Crippen LogP contribution in [0.3, 0.4) is 0 Å². The van der Waals surface area contributed by atoms with Crippen molar-refractivity contribution in [1.82, 2.24) is 10.4 Å². The van der Waals surface area contributed by atoms with E-state index in [0.717, 1.165) is 10.9 Å². The molecule has 2 N–H and O–H groups in total. The van der Waals surface area contributed by atoms with Crippen LogP contribution in [-0.4, -0.2) is 35.0 Å². The van der Waals surface area contributed by atoms with Gasteiger partial charge in [-0.1, -0.05) is 34.1 Å². The van der Waals surface area contributed by atoms with Gasteiger partial charge >= 0.3 is 0 Å². The molecule has 1 aromatic carbocycles. The average Bonchev–Trinajstić information content (AvgIpc) is 2.83. The zero-order valence-electron chi connectivity index (χ0n) is 11.5. The molecule has 21 heavy (non-hydrogen) atoms. The predicted octanol–water partition coefficient (Wildman–Crippen LogP) is 2.05. The highest BCUT2D eigenvalue weighted by atomic mass is 79.9. The normalized spacial score (nSPS) is 14.3. The number of hydrogen-bond acceptors (Lipinski definition) is 3. The van der Waals surface area contributed by atoms with E-state index in [1.165, 1.54) is 5.56 Å². The lowest BCUT2D eigenvalue weighted by molar-refractivity contribution is -0.129. The highest BCUT2D eigenvalue weighted by Gasteiger charge is 2.23. The molecule has 5 nitrogen and oxygen atoms in total. The molecule has 1 aliphatic rings. The van der Waals surface area contributed by atoms with Crippen LogP contribution in [0.2, 0.25) is 0 Å². The Hall–Kier alpha value is -1.66. The van der Waals surface area contributed by atoms with Crippen LogP contribution in [0.15, 0.2) is 40.4 Å². The third-order valence-electron chi connectivity index (χ3n) is 3.43. The summed E-state index contributed by atoms with van der Waals surface area (Å²) in [5.74, 6) is -0.493. The maximum atomic E-state index is 12.1. The van der Waals surface area contributed by atoms with Crippen LogP contribution in [0.5, 0.6) is 0 Å². The van der Waals surface area contributed by atoms with Crippen LogP contribution in [0.25, 0.3) is 0 Å². The molecule has 0 saturated carbocycles. The number of halogens is 1. The molecule has 1 aromatic rings. The zero-order valence-corrected chi connectivity index (χ0v) is 13.1. The molecular formula is C15H17BrN2O3. The molecule has 0 atom stereocenters. The molecule has 0 saturated heterocycles. The van der Waals surface area contributed by atoms with E-state index in [1.54, 1.807) is 10.4 Å². The van der Waals surface area contributed by atoms with Gasteiger partial charge in [0.25, 0.3) is 0 Å². The van der Waals surface area contributed by atoms with Crippen molar-refractivity contribution in [2.75, 3.05) is 13.1 Å². The van der Waals surface area contributed by atoms with E-state index in [0.29, 0.717) is 25.1 Å². The molecule has 112 valence electrons. The smallest absolute Gasteiger partial charge is 0.249 e. The number of nitrogens with zero attached hydrogens (tertiary/aromatic N) is 1. The van der Waals surface area contributed by atoms with E-state index in [-0.39, 0.29) is 12.3 Å². The molecule has 0 bridgehead atoms. The Morgan fingerprint density at radius 2 is 2.19 bits per heavy atom. The molecule has 6 heteroatoms. The van der Waals surface area contributed by atoms with Crippen LogP contribution < -0.4 is 5.48 Å². The third-order valence-corrected chi connectivity index (χ3v) is 3.92. The zero-order chi connectivity index (χ0) is 15.2. The fourth-order valence-electron chi connectivity index (χ4n) is 2.26. The topological polar surface area (TPSA) is 69.6 Å². The van der Waals surface area contributed by atoms with E-state index in [2.05, 4.69) is 15.9 Å². The van der Waals surface area contributed by atoms with E-state index >= 15 is 0 Å². The molecule has 0 spiro atoms. The summed E-state index contributed by atoms with van der Waals surface area (Å²) in [6.45, 7) is 1.24. The number of rotatable bonds is 6. The summed E-state index contributed by atoms with van der Waals surface area (Å²) in [5, 5.41) is 8.44. The van der Waals surface area contributed by atoms with Crippen LogP contribution in [0.4, 0.5) is 0 Å². The second-order valence-corrected chi connectivity index (χ2v) is 5.81. The first-order chi connectivity index (χ1) is 10.1. The quantitative estimate of drug-likeness (QED) is 0.608. The number of amides is 2. The summed E-state index contributed by atoms with van der Waals surface area (Å²) in [6.07, 6.45) is 3.13. The van der Waals surface area contributed by atoms with Crippen molar-refractivity contribution in [2.24, 2.45) is 0 Å². The molecule has 1 heterocycles. The van der Waals surface area contributed by atoms with Crippen molar-refractivity contribution in [1.29, 1.82) is 0 Å². The van der Waals surface area contributed by atoms with Crippen LogP contribution in [-0.2, 0) is 16.0 Å². The van der Waals surface area contributed by atoms with Crippen molar-refractivity contribution in [2.45, 2.75) is 19.3 Å². The van der Waals surface area contributed by atoms with Gasteiger partial charge in [0.05, 0.1) is 0 Å². The molecule has 0 unspecified atom stereocenters. The van der Waals surface area contributed by atoms with Gasteiger partial charge in [0, 0.05) is 29.6 Å². The number of hydroxylamine groups is 1. The van der Waals surface area contributed by atoms with Crippen LogP contribution >= 0.6 is 15.9 Å². The van der Waals surface area contributed by atoms with Gasteiger partial charge in [0.1, 0.15) is 0 Å². The Morgan fingerprint density at radius 1 is 1.38 bits per heavy atom. The maximum Gasteiger partial charge on any atom is 0.249 e. The van der Waals surface area contributed by atoms with E-state index in [4.69, 9.17) is 5.21 Å². The molecule has 0 aromatic heterocycles. The highest BCUT2D eigenvalue weighted by Crippen LogP contribution is 2.18. The SMILES string of the molecule is O=C(CCC1=CCN(CCc2cccc(Br)c2)C1=O)NO. The highest BCUT2D eigenvalue weighted by molar-refractivity contribution is 9.10. The predicted molar refractivity (Wildman–Crippen MR) is 81.7 cm³/mol. The summed E-state index contributed by atoms with van der Waals surface area (Å²) >= 11 is 3.43.